The van der Waals surface area contributed by atoms with Gasteiger partial charge >= 0.3 is 0 Å². The quantitative estimate of drug-likeness (QED) is 0.650. The maximum absolute atomic E-state index is 8.74. The number of epoxide rings is 2. The van der Waals surface area contributed by atoms with Crippen LogP contribution in [0.3, 0.4) is 0 Å². The summed E-state index contributed by atoms with van der Waals surface area (Å²) in [6, 6.07) is 0. The van der Waals surface area contributed by atoms with Gasteiger partial charge < -0.3 is 24.4 Å². The van der Waals surface area contributed by atoms with Crippen molar-refractivity contribution in [3.63, 3.8) is 0 Å². The summed E-state index contributed by atoms with van der Waals surface area (Å²) < 4.78 is 15.1. The molecule has 2 saturated heterocycles. The SMILES string of the molecule is C(OCC1CO1)C1CO1.OC1CCC(O)C1. The van der Waals surface area contributed by atoms with Crippen LogP contribution < -0.4 is 0 Å². The van der Waals surface area contributed by atoms with Crippen LogP contribution in [-0.2, 0) is 14.2 Å². The summed E-state index contributed by atoms with van der Waals surface area (Å²) in [5, 5.41) is 17.5. The summed E-state index contributed by atoms with van der Waals surface area (Å²) in [5.74, 6) is 0. The van der Waals surface area contributed by atoms with Gasteiger partial charge in [0, 0.05) is 0 Å². The van der Waals surface area contributed by atoms with Crippen LogP contribution in [0.5, 0.6) is 0 Å². The number of hydrogen-bond donors (Lipinski definition) is 2. The Labute approximate surface area is 95.3 Å². The molecule has 0 amide bonds. The second kappa shape index (κ2) is 5.93. The Morgan fingerprint density at radius 3 is 1.62 bits per heavy atom. The van der Waals surface area contributed by atoms with Crippen LogP contribution in [0, 0.1) is 0 Å². The first-order valence-corrected chi connectivity index (χ1v) is 5.91. The van der Waals surface area contributed by atoms with E-state index in [1.807, 2.05) is 0 Å². The molecule has 0 aromatic rings. The van der Waals surface area contributed by atoms with Gasteiger partial charge in [-0.3, -0.25) is 0 Å². The van der Waals surface area contributed by atoms with Gasteiger partial charge in [-0.1, -0.05) is 0 Å². The second-order valence-corrected chi connectivity index (χ2v) is 4.57. The highest BCUT2D eigenvalue weighted by Gasteiger charge is 2.26. The molecule has 0 bridgehead atoms. The van der Waals surface area contributed by atoms with Crippen molar-refractivity contribution in [1.29, 1.82) is 0 Å². The second-order valence-electron chi connectivity index (χ2n) is 4.57. The smallest absolute Gasteiger partial charge is 0.104 e. The molecule has 0 aromatic carbocycles. The van der Waals surface area contributed by atoms with Crippen molar-refractivity contribution < 1.29 is 24.4 Å². The van der Waals surface area contributed by atoms with Crippen molar-refractivity contribution in [3.8, 4) is 0 Å². The minimum Gasteiger partial charge on any atom is -0.393 e. The van der Waals surface area contributed by atoms with E-state index in [1.165, 1.54) is 0 Å². The molecule has 1 aliphatic carbocycles. The molecular weight excluding hydrogens is 212 g/mol. The lowest BCUT2D eigenvalue weighted by atomic mass is 10.3. The standard InChI is InChI=1S/C6H10O3.C5H10O2/c1(5-3-8-5)7-2-6-4-9-6;6-4-1-2-5(7)3-4/h5-6H,1-4H2;4-7H,1-3H2. The van der Waals surface area contributed by atoms with E-state index in [2.05, 4.69) is 0 Å². The van der Waals surface area contributed by atoms with E-state index in [-0.39, 0.29) is 12.2 Å². The van der Waals surface area contributed by atoms with E-state index in [0.29, 0.717) is 18.6 Å². The number of aliphatic hydroxyl groups is 2. The van der Waals surface area contributed by atoms with Gasteiger partial charge in [0.05, 0.1) is 38.6 Å². The highest BCUT2D eigenvalue weighted by molar-refractivity contribution is 4.72. The molecule has 2 aliphatic heterocycles. The fourth-order valence-electron chi connectivity index (χ4n) is 1.59. The van der Waals surface area contributed by atoms with Crippen molar-refractivity contribution >= 4 is 0 Å². The molecular formula is C11H20O5. The third-order valence-corrected chi connectivity index (χ3v) is 2.79. The third-order valence-electron chi connectivity index (χ3n) is 2.79. The molecule has 0 radical (unpaired) electrons. The molecule has 5 nitrogen and oxygen atoms in total. The Hall–Kier alpha value is -0.200. The van der Waals surface area contributed by atoms with Gasteiger partial charge in [0.2, 0.25) is 0 Å². The summed E-state index contributed by atoms with van der Waals surface area (Å²) in [6.07, 6.45) is 2.47. The molecule has 94 valence electrons. The van der Waals surface area contributed by atoms with E-state index >= 15 is 0 Å². The molecule has 4 atom stereocenters. The van der Waals surface area contributed by atoms with Gasteiger partial charge in [0.1, 0.15) is 12.2 Å². The Kier molecular flexibility index (Phi) is 4.55. The monoisotopic (exact) mass is 232 g/mol. The van der Waals surface area contributed by atoms with E-state index in [9.17, 15) is 0 Å². The lowest BCUT2D eigenvalue weighted by molar-refractivity contribution is 0.102. The largest absolute Gasteiger partial charge is 0.393 e. The number of hydrogen-bond acceptors (Lipinski definition) is 5. The molecule has 0 spiro atoms. The number of rotatable bonds is 4. The summed E-state index contributed by atoms with van der Waals surface area (Å²) in [7, 11) is 0. The van der Waals surface area contributed by atoms with Crippen molar-refractivity contribution in [2.45, 2.75) is 43.7 Å². The molecule has 1 saturated carbocycles. The van der Waals surface area contributed by atoms with Gasteiger partial charge in [0.15, 0.2) is 0 Å². The van der Waals surface area contributed by atoms with Crippen LogP contribution in [-0.4, -0.2) is 61.1 Å². The zero-order valence-corrected chi connectivity index (χ0v) is 9.38. The minimum atomic E-state index is -0.227. The molecule has 3 rings (SSSR count). The Morgan fingerprint density at radius 1 is 0.938 bits per heavy atom. The lowest BCUT2D eigenvalue weighted by Crippen LogP contribution is -2.06. The topological polar surface area (TPSA) is 74.8 Å². The van der Waals surface area contributed by atoms with Crippen LogP contribution in [0.2, 0.25) is 0 Å². The molecule has 3 aliphatic rings. The zero-order valence-electron chi connectivity index (χ0n) is 9.38. The predicted molar refractivity (Wildman–Crippen MR) is 56.2 cm³/mol. The van der Waals surface area contributed by atoms with Crippen molar-refractivity contribution in [3.05, 3.63) is 0 Å². The van der Waals surface area contributed by atoms with Crippen molar-refractivity contribution in [2.24, 2.45) is 0 Å². The average Bonchev–Trinajstić information content (AvgIpc) is 3.12. The number of aliphatic hydroxyl groups excluding tert-OH is 2. The summed E-state index contributed by atoms with van der Waals surface area (Å²) in [4.78, 5) is 0. The van der Waals surface area contributed by atoms with Crippen molar-refractivity contribution in [2.75, 3.05) is 26.4 Å². The van der Waals surface area contributed by atoms with Crippen LogP contribution in [0.4, 0.5) is 0 Å². The van der Waals surface area contributed by atoms with Gasteiger partial charge in [-0.05, 0) is 19.3 Å². The molecule has 2 N–H and O–H groups in total. The Balaban J connectivity index is 0.000000125. The maximum atomic E-state index is 8.74. The molecule has 0 aromatic heterocycles. The first-order valence-electron chi connectivity index (χ1n) is 5.91. The highest BCUT2D eigenvalue weighted by Crippen LogP contribution is 2.17. The van der Waals surface area contributed by atoms with Crippen LogP contribution in [0.1, 0.15) is 19.3 Å². The molecule has 16 heavy (non-hydrogen) atoms. The van der Waals surface area contributed by atoms with Crippen LogP contribution in [0.25, 0.3) is 0 Å². The molecule has 4 unspecified atom stereocenters. The van der Waals surface area contributed by atoms with E-state index in [0.717, 1.165) is 39.3 Å². The summed E-state index contributed by atoms with van der Waals surface area (Å²) in [6.45, 7) is 3.26. The van der Waals surface area contributed by atoms with Crippen molar-refractivity contribution in [1.82, 2.24) is 0 Å². The first kappa shape index (κ1) is 12.3. The number of ether oxygens (including phenoxy) is 3. The lowest BCUT2D eigenvalue weighted by Gasteiger charge is -1.95. The molecule has 3 fully saturated rings. The maximum Gasteiger partial charge on any atom is 0.104 e. The highest BCUT2D eigenvalue weighted by atomic mass is 16.6. The fourth-order valence-corrected chi connectivity index (χ4v) is 1.59. The van der Waals surface area contributed by atoms with Gasteiger partial charge in [-0.25, -0.2) is 0 Å². The van der Waals surface area contributed by atoms with Crippen LogP contribution in [0.15, 0.2) is 0 Å². The normalized spacial score (nSPS) is 40.1. The average molecular weight is 232 g/mol. The zero-order chi connectivity index (χ0) is 11.4. The fraction of sp³-hybridized carbons (Fsp3) is 1.00. The van der Waals surface area contributed by atoms with E-state index in [1.54, 1.807) is 0 Å². The van der Waals surface area contributed by atoms with Gasteiger partial charge in [-0.15, -0.1) is 0 Å². The molecule has 5 heteroatoms. The minimum absolute atomic E-state index is 0.227. The van der Waals surface area contributed by atoms with E-state index in [4.69, 9.17) is 24.4 Å². The summed E-state index contributed by atoms with van der Waals surface area (Å²) >= 11 is 0. The Bertz CT molecular complexity index is 183. The first-order chi connectivity index (χ1) is 7.74. The third kappa shape index (κ3) is 5.23. The van der Waals surface area contributed by atoms with Crippen LogP contribution >= 0.6 is 0 Å². The summed E-state index contributed by atoms with van der Waals surface area (Å²) in [5.41, 5.74) is 0. The van der Waals surface area contributed by atoms with Gasteiger partial charge in [-0.2, -0.15) is 0 Å². The Morgan fingerprint density at radius 2 is 1.38 bits per heavy atom. The van der Waals surface area contributed by atoms with Gasteiger partial charge in [0.25, 0.3) is 0 Å². The van der Waals surface area contributed by atoms with E-state index < -0.39 is 0 Å². The molecule has 2 heterocycles. The predicted octanol–water partition coefficient (Wildman–Crippen LogP) is -0.307.